The third-order valence-electron chi connectivity index (χ3n) is 7.70. The first kappa shape index (κ1) is 37.7. The van der Waals surface area contributed by atoms with Gasteiger partial charge in [-0.25, -0.2) is 17.6 Å². The summed E-state index contributed by atoms with van der Waals surface area (Å²) >= 11 is 0. The molecule has 6 nitrogen and oxygen atoms in total. The molecule has 4 aromatic carbocycles. The van der Waals surface area contributed by atoms with E-state index in [-0.39, 0.29) is 24.6 Å². The largest absolute Gasteiger partial charge is 0.463 e. The molecule has 0 radical (unpaired) electrons. The summed E-state index contributed by atoms with van der Waals surface area (Å²) in [6.07, 6.45) is -9.96. The Kier molecular flexibility index (Phi) is 11.1. The van der Waals surface area contributed by atoms with Gasteiger partial charge in [-0.3, -0.25) is 0 Å². The standard InChI is InChI=1S/2C18H13F5N2O/c2*1-10(18(21,22)23)26-17-15-5-2-11(7-13(15)9-24-25-17)6-12-3-4-14(19)8-16(12)20/h2*2-5,7-10H,6H2,1H3/t2*10-/m10/s1. The molecule has 0 unspecified atom stereocenters. The van der Waals surface area contributed by atoms with Crippen LogP contribution in [0.5, 0.6) is 11.8 Å². The van der Waals surface area contributed by atoms with Crippen molar-refractivity contribution in [3.05, 3.63) is 131 Å². The summed E-state index contributed by atoms with van der Waals surface area (Å²) in [5, 5.41) is 16.3. The number of alkyl halides is 6. The van der Waals surface area contributed by atoms with E-state index in [1.54, 1.807) is 36.4 Å². The van der Waals surface area contributed by atoms with E-state index in [0.29, 0.717) is 43.8 Å². The molecular weight excluding hydrogens is 710 g/mol. The molecule has 0 amide bonds. The summed E-state index contributed by atoms with van der Waals surface area (Å²) < 4.78 is 139. The summed E-state index contributed by atoms with van der Waals surface area (Å²) in [5.74, 6) is -3.12. The fourth-order valence-corrected chi connectivity index (χ4v) is 4.85. The van der Waals surface area contributed by atoms with Crippen molar-refractivity contribution in [2.24, 2.45) is 0 Å². The van der Waals surface area contributed by atoms with E-state index in [9.17, 15) is 43.9 Å². The van der Waals surface area contributed by atoms with E-state index < -0.39 is 47.8 Å². The van der Waals surface area contributed by atoms with Crippen LogP contribution in [0.1, 0.15) is 36.1 Å². The predicted octanol–water partition coefficient (Wildman–Crippen LogP) is 9.66. The molecule has 0 fully saturated rings. The first-order chi connectivity index (χ1) is 24.5. The third kappa shape index (κ3) is 9.41. The van der Waals surface area contributed by atoms with E-state index in [4.69, 9.17) is 9.47 Å². The van der Waals surface area contributed by atoms with E-state index in [1.165, 1.54) is 24.5 Å². The number of nitrogens with zero attached hydrogens (tertiary/aromatic N) is 4. The lowest BCUT2D eigenvalue weighted by Gasteiger charge is -2.17. The fourth-order valence-electron chi connectivity index (χ4n) is 4.85. The van der Waals surface area contributed by atoms with Gasteiger partial charge < -0.3 is 9.47 Å². The molecule has 52 heavy (non-hydrogen) atoms. The number of ether oxygens (including phenoxy) is 2. The molecule has 6 aromatic rings. The fraction of sp³-hybridized carbons (Fsp3) is 0.222. The van der Waals surface area contributed by atoms with Crippen LogP contribution in [0, 0.1) is 23.3 Å². The highest BCUT2D eigenvalue weighted by Crippen LogP contribution is 2.31. The zero-order valence-electron chi connectivity index (χ0n) is 27.0. The molecule has 6 rings (SSSR count). The Morgan fingerprint density at radius 1 is 0.538 bits per heavy atom. The number of fused-ring (bicyclic) bond motifs is 2. The normalized spacial score (nSPS) is 13.0. The van der Waals surface area contributed by atoms with Gasteiger partial charge in [0.15, 0.2) is 12.2 Å². The molecule has 2 atom stereocenters. The number of benzene rings is 4. The van der Waals surface area contributed by atoms with E-state index in [0.717, 1.165) is 38.1 Å². The summed E-state index contributed by atoms with van der Waals surface area (Å²) in [4.78, 5) is 0. The number of rotatable bonds is 8. The average molecular weight is 737 g/mol. The lowest BCUT2D eigenvalue weighted by atomic mass is 10.0. The maximum Gasteiger partial charge on any atom is 0.425 e. The quantitative estimate of drug-likeness (QED) is 0.145. The molecule has 2 heterocycles. The van der Waals surface area contributed by atoms with Gasteiger partial charge in [0.05, 0.1) is 12.4 Å². The van der Waals surface area contributed by atoms with Crippen LogP contribution in [0.2, 0.25) is 0 Å². The molecular formula is C36H26F10N4O2. The highest BCUT2D eigenvalue weighted by molar-refractivity contribution is 5.87. The van der Waals surface area contributed by atoms with Gasteiger partial charge in [-0.05, 0) is 72.5 Å². The number of hydrogen-bond donors (Lipinski definition) is 0. The Hall–Kier alpha value is -5.54. The van der Waals surface area contributed by atoms with Crippen LogP contribution in [-0.4, -0.2) is 45.0 Å². The molecule has 0 aliphatic heterocycles. The van der Waals surface area contributed by atoms with E-state index >= 15 is 0 Å². The van der Waals surface area contributed by atoms with Crippen LogP contribution < -0.4 is 9.47 Å². The first-order valence-corrected chi connectivity index (χ1v) is 15.3. The minimum Gasteiger partial charge on any atom is -0.463 e. The summed E-state index contributed by atoms with van der Waals surface area (Å²) in [6, 6.07) is 16.2. The first-order valence-electron chi connectivity index (χ1n) is 15.3. The topological polar surface area (TPSA) is 70.0 Å². The summed E-state index contributed by atoms with van der Waals surface area (Å²) in [6.45, 7) is 1.76. The Bertz CT molecular complexity index is 2040. The van der Waals surface area contributed by atoms with Crippen molar-refractivity contribution in [3.63, 3.8) is 0 Å². The third-order valence-corrected chi connectivity index (χ3v) is 7.70. The van der Waals surface area contributed by atoms with Crippen molar-refractivity contribution in [1.82, 2.24) is 20.4 Å². The molecule has 0 bridgehead atoms. The molecule has 0 aliphatic rings. The molecule has 2 aromatic heterocycles. The molecule has 0 aliphatic carbocycles. The number of aromatic nitrogens is 4. The number of halogens is 10. The highest BCUT2D eigenvalue weighted by Gasteiger charge is 2.39. The van der Waals surface area contributed by atoms with Crippen LogP contribution in [0.3, 0.4) is 0 Å². The minimum absolute atomic E-state index is 0.194. The monoisotopic (exact) mass is 736 g/mol. The minimum atomic E-state index is -4.52. The maximum atomic E-state index is 13.8. The van der Waals surface area contributed by atoms with Gasteiger partial charge in [0.2, 0.25) is 11.8 Å². The number of hydrogen-bond acceptors (Lipinski definition) is 6. The van der Waals surface area contributed by atoms with Gasteiger partial charge in [-0.15, -0.1) is 10.2 Å². The van der Waals surface area contributed by atoms with Crippen LogP contribution in [0.15, 0.2) is 85.2 Å². The van der Waals surface area contributed by atoms with Gasteiger partial charge >= 0.3 is 12.4 Å². The second-order valence-corrected chi connectivity index (χ2v) is 11.6. The van der Waals surface area contributed by atoms with Crippen molar-refractivity contribution < 1.29 is 53.4 Å². The Morgan fingerprint density at radius 3 is 1.27 bits per heavy atom. The van der Waals surface area contributed by atoms with Gasteiger partial charge in [0.25, 0.3) is 0 Å². The van der Waals surface area contributed by atoms with Gasteiger partial charge in [-0.2, -0.15) is 36.5 Å². The van der Waals surface area contributed by atoms with Gasteiger partial charge in [0.1, 0.15) is 23.3 Å². The second-order valence-electron chi connectivity index (χ2n) is 11.6. The highest BCUT2D eigenvalue weighted by atomic mass is 19.4. The Morgan fingerprint density at radius 2 is 0.923 bits per heavy atom. The summed E-state index contributed by atoms with van der Waals surface area (Å²) in [5.41, 5.74) is 1.97. The second kappa shape index (κ2) is 15.4. The van der Waals surface area contributed by atoms with E-state index in [2.05, 4.69) is 20.4 Å². The van der Waals surface area contributed by atoms with Crippen molar-refractivity contribution in [1.29, 1.82) is 0 Å². The maximum absolute atomic E-state index is 13.8. The smallest absolute Gasteiger partial charge is 0.425 e. The molecule has 0 spiro atoms. The van der Waals surface area contributed by atoms with Gasteiger partial charge in [0, 0.05) is 46.5 Å². The zero-order valence-corrected chi connectivity index (χ0v) is 27.0. The lowest BCUT2D eigenvalue weighted by Crippen LogP contribution is -2.31. The van der Waals surface area contributed by atoms with Crippen molar-refractivity contribution >= 4 is 21.5 Å². The SMILES string of the molecule is C[C@@H](Oc1nncc2cc(Cc3ccc(F)cc3F)ccc12)C(F)(F)F.C[C@H](Oc1nncc2cc(Cc3ccc(F)cc3F)ccc12)C(F)(F)F. The average Bonchev–Trinajstić information content (AvgIpc) is 3.07. The predicted molar refractivity (Wildman–Crippen MR) is 170 cm³/mol. The van der Waals surface area contributed by atoms with Crippen LogP contribution >= 0.6 is 0 Å². The van der Waals surface area contributed by atoms with Crippen molar-refractivity contribution in [3.8, 4) is 11.8 Å². The zero-order chi connectivity index (χ0) is 37.8. The Labute approximate surface area is 289 Å². The van der Waals surface area contributed by atoms with E-state index in [1.807, 2.05) is 0 Å². The molecule has 0 saturated heterocycles. The van der Waals surface area contributed by atoms with Crippen molar-refractivity contribution in [2.45, 2.75) is 51.2 Å². The van der Waals surface area contributed by atoms with Crippen LogP contribution in [0.25, 0.3) is 21.5 Å². The van der Waals surface area contributed by atoms with Crippen LogP contribution in [-0.2, 0) is 12.8 Å². The molecule has 0 N–H and O–H groups in total. The van der Waals surface area contributed by atoms with Crippen LogP contribution in [0.4, 0.5) is 43.9 Å². The van der Waals surface area contributed by atoms with Gasteiger partial charge in [-0.1, -0.05) is 24.3 Å². The molecule has 272 valence electrons. The molecule has 16 heteroatoms. The summed E-state index contributed by atoms with van der Waals surface area (Å²) in [7, 11) is 0. The Balaban J connectivity index is 0.000000201. The lowest BCUT2D eigenvalue weighted by molar-refractivity contribution is -0.190. The van der Waals surface area contributed by atoms with Crippen molar-refractivity contribution in [2.75, 3.05) is 0 Å². The molecule has 0 saturated carbocycles.